The molecule has 0 unspecified atom stereocenters. The number of unbranched alkanes of at least 4 members (excludes halogenated alkanes) is 7. The van der Waals surface area contributed by atoms with Crippen molar-refractivity contribution in [2.24, 2.45) is 0 Å². The third kappa shape index (κ3) is 9.29. The van der Waals surface area contributed by atoms with Gasteiger partial charge >= 0.3 is 0 Å². The van der Waals surface area contributed by atoms with Gasteiger partial charge in [-0.15, -0.1) is 0 Å². The highest BCUT2D eigenvalue weighted by molar-refractivity contribution is 5.91. The molecule has 14 heteroatoms. The predicted molar refractivity (Wildman–Crippen MR) is 155 cm³/mol. The van der Waals surface area contributed by atoms with E-state index in [1.165, 1.54) is 50.9 Å². The molecule has 14 nitrogen and oxygen atoms in total. The number of H-pyrrole nitrogens is 1. The molecule has 1 aliphatic rings. The molecule has 0 spiro atoms. The van der Waals surface area contributed by atoms with Crippen LogP contribution < -0.4 is 16.4 Å². The fourth-order valence-corrected chi connectivity index (χ4v) is 4.74. The monoisotopic (exact) mass is 589 g/mol. The van der Waals surface area contributed by atoms with E-state index in [1.807, 2.05) is 6.08 Å². The van der Waals surface area contributed by atoms with E-state index in [4.69, 9.17) is 10.5 Å². The van der Waals surface area contributed by atoms with Crippen molar-refractivity contribution in [3.63, 3.8) is 0 Å². The number of anilines is 1. The molecule has 1 saturated heterocycles. The summed E-state index contributed by atoms with van der Waals surface area (Å²) < 4.78 is 5.79. The Balaban J connectivity index is 1.49. The number of hydrogen-bond donors (Lipinski definition) is 8. The molecular weight excluding hydrogens is 546 g/mol. The van der Waals surface area contributed by atoms with Crippen molar-refractivity contribution in [1.29, 1.82) is 0 Å². The summed E-state index contributed by atoms with van der Waals surface area (Å²) in [5, 5.41) is 46.5. The Morgan fingerprint density at radius 1 is 1.12 bits per heavy atom. The van der Waals surface area contributed by atoms with Gasteiger partial charge in [-0.3, -0.25) is 9.59 Å². The second-order valence-corrected chi connectivity index (χ2v) is 10.3. The van der Waals surface area contributed by atoms with Crippen LogP contribution in [0.15, 0.2) is 30.6 Å². The summed E-state index contributed by atoms with van der Waals surface area (Å²) in [6, 6.07) is -1.33. The SMILES string of the molecule is CCCCCCCCC/C=C/C=C/C(=O)NCC(=O)N[C@@H]1[C@@H](O)[C@@H](O)[C@@H](c2nc(N)c3[nH]cnc3n2)O[C@H]1[C@@H](O)CO. The van der Waals surface area contributed by atoms with Crippen molar-refractivity contribution in [3.8, 4) is 0 Å². The number of rotatable bonds is 16. The average molecular weight is 590 g/mol. The molecule has 1 aliphatic heterocycles. The van der Waals surface area contributed by atoms with Crippen molar-refractivity contribution in [1.82, 2.24) is 30.6 Å². The number of aliphatic hydroxyl groups is 4. The fourth-order valence-electron chi connectivity index (χ4n) is 4.74. The maximum Gasteiger partial charge on any atom is 0.244 e. The van der Waals surface area contributed by atoms with Gasteiger partial charge in [0.05, 0.1) is 25.5 Å². The van der Waals surface area contributed by atoms with E-state index in [-0.39, 0.29) is 17.3 Å². The highest BCUT2D eigenvalue weighted by Gasteiger charge is 2.49. The predicted octanol–water partition coefficient (Wildman–Crippen LogP) is 0.304. The van der Waals surface area contributed by atoms with Crippen molar-refractivity contribution < 1.29 is 34.8 Å². The van der Waals surface area contributed by atoms with Gasteiger partial charge in [0, 0.05) is 6.08 Å². The van der Waals surface area contributed by atoms with E-state index in [9.17, 15) is 30.0 Å². The minimum atomic E-state index is -1.66. The summed E-state index contributed by atoms with van der Waals surface area (Å²) in [5.74, 6) is -1.28. The quantitative estimate of drug-likeness (QED) is 0.0754. The van der Waals surface area contributed by atoms with E-state index in [1.54, 1.807) is 12.2 Å². The van der Waals surface area contributed by atoms with Crippen LogP contribution in [0.4, 0.5) is 5.82 Å². The van der Waals surface area contributed by atoms with Gasteiger partial charge in [0.15, 0.2) is 17.3 Å². The standard InChI is InChI=1S/C28H43N7O7/c1-2-3-4-5-6-7-8-9-10-11-12-13-18(38)30-14-19(39)33-20-22(40)23(41)25(42-24(20)17(37)15-36)28-34-26(29)21-27(35-28)32-16-31-21/h10-13,16-17,20,22-25,36-37,40-41H,2-9,14-15H2,1H3,(H,30,38)(H,33,39)(H3,29,31,32,34,35)/b11-10+,13-12+/t17-,20+,22+,23+,24-,25-/m0/s1. The number of imidazole rings is 1. The Bertz CT molecular complexity index is 1200. The summed E-state index contributed by atoms with van der Waals surface area (Å²) in [6.45, 7) is 1.000. The first kappa shape index (κ1) is 33.1. The van der Waals surface area contributed by atoms with Gasteiger partial charge in [0.25, 0.3) is 0 Å². The zero-order valence-corrected chi connectivity index (χ0v) is 23.9. The lowest BCUT2D eigenvalue weighted by molar-refractivity contribution is -0.216. The van der Waals surface area contributed by atoms with E-state index >= 15 is 0 Å². The number of nitrogens with zero attached hydrogens (tertiary/aromatic N) is 3. The molecule has 2 amide bonds. The number of aromatic nitrogens is 4. The number of allylic oxidation sites excluding steroid dienone is 3. The second-order valence-electron chi connectivity index (χ2n) is 10.3. The van der Waals surface area contributed by atoms with Crippen molar-refractivity contribution in [2.45, 2.75) is 94.9 Å². The number of aromatic amines is 1. The van der Waals surface area contributed by atoms with Crippen LogP contribution in [0.2, 0.25) is 0 Å². The summed E-state index contributed by atoms with van der Waals surface area (Å²) in [5.41, 5.74) is 6.50. The van der Waals surface area contributed by atoms with Crippen LogP contribution in [0.3, 0.4) is 0 Å². The number of carbonyl (C=O) groups excluding carboxylic acids is 2. The molecular formula is C28H43N7O7. The Hall–Kier alpha value is -3.43. The first-order valence-corrected chi connectivity index (χ1v) is 14.4. The topological polar surface area (TPSA) is 229 Å². The van der Waals surface area contributed by atoms with E-state index in [2.05, 4.69) is 37.5 Å². The van der Waals surface area contributed by atoms with Crippen LogP contribution in [-0.2, 0) is 14.3 Å². The zero-order chi connectivity index (χ0) is 30.5. The van der Waals surface area contributed by atoms with E-state index in [0.717, 1.165) is 12.8 Å². The minimum absolute atomic E-state index is 0.0286. The molecule has 0 aliphatic carbocycles. The van der Waals surface area contributed by atoms with Crippen LogP contribution in [0, 0.1) is 0 Å². The van der Waals surface area contributed by atoms with Crippen LogP contribution in [0.5, 0.6) is 0 Å². The van der Waals surface area contributed by atoms with Crippen LogP contribution in [-0.4, -0.2) is 95.8 Å². The molecule has 3 heterocycles. The normalized spacial score (nSPS) is 23.5. The Kier molecular flexibility index (Phi) is 13.3. The lowest BCUT2D eigenvalue weighted by Gasteiger charge is -2.43. The summed E-state index contributed by atoms with van der Waals surface area (Å²) in [7, 11) is 0. The van der Waals surface area contributed by atoms with Gasteiger partial charge in [-0.2, -0.15) is 0 Å². The summed E-state index contributed by atoms with van der Waals surface area (Å²) >= 11 is 0. The molecule has 6 atom stereocenters. The number of nitrogen functional groups attached to an aromatic ring is 1. The zero-order valence-electron chi connectivity index (χ0n) is 23.9. The van der Waals surface area contributed by atoms with Gasteiger partial charge in [-0.25, -0.2) is 15.0 Å². The molecule has 42 heavy (non-hydrogen) atoms. The Morgan fingerprint density at radius 3 is 2.60 bits per heavy atom. The maximum absolute atomic E-state index is 12.6. The molecule has 0 aromatic carbocycles. The summed E-state index contributed by atoms with van der Waals surface area (Å²) in [6.07, 6.45) is 10.0. The van der Waals surface area contributed by atoms with Crippen molar-refractivity contribution in [2.75, 3.05) is 18.9 Å². The van der Waals surface area contributed by atoms with Crippen molar-refractivity contribution >= 4 is 28.8 Å². The fraction of sp³-hybridized carbons (Fsp3) is 0.607. The number of nitrogens with two attached hydrogens (primary N) is 1. The van der Waals surface area contributed by atoms with Gasteiger partial charge < -0.3 is 46.5 Å². The number of fused-ring (bicyclic) bond motifs is 1. The lowest BCUT2D eigenvalue weighted by atomic mass is 9.89. The smallest absolute Gasteiger partial charge is 0.244 e. The maximum atomic E-state index is 12.6. The number of ether oxygens (including phenoxy) is 1. The highest BCUT2D eigenvalue weighted by atomic mass is 16.5. The van der Waals surface area contributed by atoms with E-state index in [0.29, 0.717) is 5.52 Å². The largest absolute Gasteiger partial charge is 0.394 e. The third-order valence-electron chi connectivity index (χ3n) is 7.06. The molecule has 2 aromatic rings. The number of aliphatic hydroxyl groups excluding tert-OH is 4. The Labute approximate surface area is 244 Å². The van der Waals surface area contributed by atoms with Gasteiger partial charge in [-0.05, 0) is 12.8 Å². The number of hydrogen-bond acceptors (Lipinski definition) is 11. The van der Waals surface area contributed by atoms with Crippen LogP contribution in [0.1, 0.15) is 70.2 Å². The molecule has 0 saturated carbocycles. The first-order valence-electron chi connectivity index (χ1n) is 14.4. The molecule has 232 valence electrons. The molecule has 1 fully saturated rings. The molecule has 9 N–H and O–H groups in total. The molecule has 0 radical (unpaired) electrons. The molecule has 2 aromatic heterocycles. The number of amides is 2. The number of nitrogens with one attached hydrogen (secondary N) is 3. The van der Waals surface area contributed by atoms with Gasteiger partial charge in [0.2, 0.25) is 11.8 Å². The summed E-state index contributed by atoms with van der Waals surface area (Å²) in [4.78, 5) is 39.8. The third-order valence-corrected chi connectivity index (χ3v) is 7.06. The van der Waals surface area contributed by atoms with Crippen molar-refractivity contribution in [3.05, 3.63) is 36.5 Å². The van der Waals surface area contributed by atoms with Gasteiger partial charge in [0.1, 0.15) is 36.0 Å². The molecule has 3 rings (SSSR count). The molecule has 0 bridgehead atoms. The average Bonchev–Trinajstić information content (AvgIpc) is 3.46. The van der Waals surface area contributed by atoms with Crippen LogP contribution in [0.25, 0.3) is 11.2 Å². The highest BCUT2D eigenvalue weighted by Crippen LogP contribution is 2.33. The van der Waals surface area contributed by atoms with Gasteiger partial charge in [-0.1, -0.05) is 63.7 Å². The minimum Gasteiger partial charge on any atom is -0.394 e. The first-order chi connectivity index (χ1) is 20.3. The number of carbonyl (C=O) groups is 2. The van der Waals surface area contributed by atoms with Crippen LogP contribution >= 0.6 is 0 Å². The second kappa shape index (κ2) is 16.9. The van der Waals surface area contributed by atoms with E-state index < -0.39 is 61.5 Å². The lowest BCUT2D eigenvalue weighted by Crippen LogP contribution is -2.65. The Morgan fingerprint density at radius 2 is 1.86 bits per heavy atom.